The van der Waals surface area contributed by atoms with Gasteiger partial charge in [-0.1, -0.05) is 26.0 Å². The van der Waals surface area contributed by atoms with Gasteiger partial charge in [-0.2, -0.15) is 33.7 Å². The van der Waals surface area contributed by atoms with Crippen LogP contribution in [0.2, 0.25) is 0 Å². The molecule has 5 fully saturated rings. The molecule has 4 N–H and O–H groups in total. The molecule has 0 aromatic rings. The Morgan fingerprint density at radius 3 is 1.75 bits per heavy atom. The van der Waals surface area contributed by atoms with E-state index in [1.54, 1.807) is 0 Å². The van der Waals surface area contributed by atoms with Gasteiger partial charge in [0, 0.05) is 54.8 Å². The first-order chi connectivity index (χ1) is 31.2. The molecule has 0 bridgehead atoms. The summed E-state index contributed by atoms with van der Waals surface area (Å²) in [5, 5.41) is -3.65. The predicted molar refractivity (Wildman–Crippen MR) is 262 cm³/mol. The van der Waals surface area contributed by atoms with Crippen molar-refractivity contribution >= 4 is 56.0 Å². The third kappa shape index (κ3) is 10.7. The number of hydrogen-bond donors (Lipinski definition) is 4. The number of nitrogens with zero attached hydrogens (tertiary/aromatic N) is 2. The molecule has 12 atom stereocenters. The van der Waals surface area contributed by atoms with E-state index < -0.39 is 82.1 Å². The Kier molecular flexibility index (Phi) is 15.1. The highest BCUT2D eigenvalue weighted by atomic mass is 32.2. The number of hydrogen-bond acceptors (Lipinski definition) is 11. The van der Waals surface area contributed by atoms with E-state index in [-0.39, 0.29) is 65.3 Å². The number of sulfone groups is 1. The lowest BCUT2D eigenvalue weighted by molar-refractivity contribution is -0.569. The molecule has 2 aliphatic heterocycles. The van der Waals surface area contributed by atoms with Crippen LogP contribution >= 0.6 is 0 Å². The van der Waals surface area contributed by atoms with Crippen LogP contribution in [0, 0.1) is 46.3 Å². The highest BCUT2D eigenvalue weighted by Gasteiger charge is 2.61. The number of allylic oxidation sites excluding steroid dienone is 7. The summed E-state index contributed by atoms with van der Waals surface area (Å²) in [5.74, 6) is 0.584. The summed E-state index contributed by atoms with van der Waals surface area (Å²) in [6, 6.07) is -0.0121. The van der Waals surface area contributed by atoms with Crippen LogP contribution in [0.25, 0.3) is 0 Å². The van der Waals surface area contributed by atoms with Crippen molar-refractivity contribution in [2.45, 2.75) is 171 Å². The van der Waals surface area contributed by atoms with Crippen molar-refractivity contribution in [3.63, 3.8) is 0 Å². The molecule has 0 aromatic carbocycles. The van der Waals surface area contributed by atoms with Crippen molar-refractivity contribution in [1.82, 2.24) is 4.90 Å². The SMILES string of the molecule is CC(CCN1/C(=C/C=C2\CCCC(/C=C/C3=[N+](CCC(C)S(=O)(=O)O)C4CCC5CC(S(=O)(=O)O)CCC5C4C3(C)C)=C2S(C)(=O)=O)C(C)(C)C2C3CCC(S(=O)(=O)O)CC3CCC21)S(=O)(=O)O. The molecule has 16 nitrogen and oxygen atoms in total. The van der Waals surface area contributed by atoms with Crippen LogP contribution < -0.4 is 0 Å². The number of fused-ring (bicyclic) bond motifs is 6. The van der Waals surface area contributed by atoms with Crippen molar-refractivity contribution in [1.29, 1.82) is 0 Å². The molecule has 4 saturated carbocycles. The highest BCUT2D eigenvalue weighted by molar-refractivity contribution is 7.94. The predicted octanol–water partition coefficient (Wildman–Crippen LogP) is 6.91. The van der Waals surface area contributed by atoms with Crippen molar-refractivity contribution in [3.05, 3.63) is 46.1 Å². The lowest BCUT2D eigenvalue weighted by Crippen LogP contribution is -2.48. The van der Waals surface area contributed by atoms with Gasteiger partial charge in [0.15, 0.2) is 21.6 Å². The second-order valence-corrected chi connectivity index (χ2v) is 31.6. The maximum Gasteiger partial charge on any atom is 0.267 e. The van der Waals surface area contributed by atoms with Gasteiger partial charge in [-0.25, -0.2) is 13.0 Å². The molecular weight excluding hydrogens is 977 g/mol. The van der Waals surface area contributed by atoms with Crippen LogP contribution in [0.1, 0.15) is 138 Å². The zero-order valence-corrected chi connectivity index (χ0v) is 44.6. The second-order valence-electron chi connectivity index (χ2n) is 22.6. The molecule has 68 heavy (non-hydrogen) atoms. The van der Waals surface area contributed by atoms with E-state index in [1.165, 1.54) is 20.1 Å². The molecule has 0 aromatic heterocycles. The summed E-state index contributed by atoms with van der Waals surface area (Å²) in [5.41, 5.74) is 2.12. The van der Waals surface area contributed by atoms with Gasteiger partial charge >= 0.3 is 0 Å². The molecule has 12 unspecified atom stereocenters. The average molecular weight is 1050 g/mol. The van der Waals surface area contributed by atoms with Crippen LogP contribution in [0.4, 0.5) is 0 Å². The van der Waals surface area contributed by atoms with Gasteiger partial charge in [-0.15, -0.1) is 0 Å². The molecule has 0 radical (unpaired) electrons. The Hall–Kier alpha value is -1.98. The van der Waals surface area contributed by atoms with E-state index in [0.29, 0.717) is 82.0 Å². The van der Waals surface area contributed by atoms with E-state index in [9.17, 15) is 60.3 Å². The maximum absolute atomic E-state index is 14.0. The van der Waals surface area contributed by atoms with Gasteiger partial charge < -0.3 is 4.90 Å². The highest BCUT2D eigenvalue weighted by Crippen LogP contribution is 2.60. The summed E-state index contributed by atoms with van der Waals surface area (Å²) in [7, 11) is -20.8. The molecule has 7 rings (SSSR count). The Morgan fingerprint density at radius 1 is 0.662 bits per heavy atom. The Morgan fingerprint density at radius 2 is 1.21 bits per heavy atom. The van der Waals surface area contributed by atoms with Crippen molar-refractivity contribution in [3.8, 4) is 0 Å². The fraction of sp³-hybridized carbons (Fsp3) is 0.809. The van der Waals surface area contributed by atoms with E-state index in [2.05, 4.69) is 37.2 Å². The van der Waals surface area contributed by atoms with Gasteiger partial charge in [-0.3, -0.25) is 18.2 Å². The van der Waals surface area contributed by atoms with E-state index >= 15 is 0 Å². The molecule has 2 heterocycles. The molecule has 1 saturated heterocycles. The third-order valence-electron chi connectivity index (χ3n) is 18.0. The fourth-order valence-electron chi connectivity index (χ4n) is 14.7. The lowest BCUT2D eigenvalue weighted by Gasteiger charge is -2.48. The third-order valence-corrected chi connectivity index (χ3v) is 24.3. The number of rotatable bonds is 14. The minimum absolute atomic E-state index is 0.00603. The molecule has 7 aliphatic rings. The van der Waals surface area contributed by atoms with Gasteiger partial charge in [0.2, 0.25) is 0 Å². The maximum atomic E-state index is 14.0. The first kappa shape index (κ1) is 53.8. The average Bonchev–Trinajstić information content (AvgIpc) is 3.58. The van der Waals surface area contributed by atoms with Crippen LogP contribution in [0.5, 0.6) is 0 Å². The molecule has 0 spiro atoms. The zero-order chi connectivity index (χ0) is 50.3. The Labute approximate surface area is 406 Å². The first-order valence-electron chi connectivity index (χ1n) is 24.5. The minimum Gasteiger partial charge on any atom is -0.371 e. The van der Waals surface area contributed by atoms with E-state index in [4.69, 9.17) is 0 Å². The molecular formula is C47H75N2O14S5+. The lowest BCUT2D eigenvalue weighted by atomic mass is 9.57. The van der Waals surface area contributed by atoms with Crippen LogP contribution in [0.15, 0.2) is 46.1 Å². The van der Waals surface area contributed by atoms with Crippen LogP contribution in [-0.4, -0.2) is 128 Å². The summed E-state index contributed by atoms with van der Waals surface area (Å²) in [6.45, 7) is 12.2. The fourth-order valence-corrected chi connectivity index (χ4v) is 18.6. The smallest absolute Gasteiger partial charge is 0.267 e. The summed E-state index contributed by atoms with van der Waals surface area (Å²) >= 11 is 0. The summed E-state index contributed by atoms with van der Waals surface area (Å²) in [4.78, 5) is 2.46. The van der Waals surface area contributed by atoms with Gasteiger partial charge in [0.1, 0.15) is 6.54 Å². The monoisotopic (exact) mass is 1050 g/mol. The molecule has 5 aliphatic carbocycles. The van der Waals surface area contributed by atoms with Crippen molar-refractivity contribution < 1.29 is 64.9 Å². The van der Waals surface area contributed by atoms with E-state index in [1.807, 2.05) is 24.3 Å². The minimum atomic E-state index is -4.31. The molecule has 0 amide bonds. The standard InChI is InChI=1S/C47H74N2O14S5/c1-29(65(52,53)54)23-25-48-39-19-11-33-27-35(67(58,59)60)15-17-37(33)43(39)46(3,4)41(48)21-13-31-9-8-10-32(45(31)64(7,50)51)14-22-42-47(5,6)44-38-18-16-36(68(61,62)63)28-34(38)12-20-40(44)49(42)26-24-30(2)66(55,56)57/h13-14,21-22,29-30,33-40,43-44H,8-12,15-20,23-28H2,1-7H3,(H3-,52,53,54,55,56,57,58,59,60,61,62,63)/p+1. The Bertz CT molecular complexity index is 2720. The van der Waals surface area contributed by atoms with E-state index in [0.717, 1.165) is 37.1 Å². The van der Waals surface area contributed by atoms with Crippen molar-refractivity contribution in [2.24, 2.45) is 46.3 Å². The van der Waals surface area contributed by atoms with Crippen LogP contribution in [-0.2, 0) is 50.3 Å². The second kappa shape index (κ2) is 19.1. The summed E-state index contributed by atoms with van der Waals surface area (Å²) in [6.07, 6.45) is 16.5. The number of likely N-dealkylation sites (tertiary alicyclic amines) is 1. The van der Waals surface area contributed by atoms with Gasteiger partial charge in [0.25, 0.3) is 40.5 Å². The summed E-state index contributed by atoms with van der Waals surface area (Å²) < 4.78 is 168. The van der Waals surface area contributed by atoms with Gasteiger partial charge in [0.05, 0.1) is 31.3 Å². The van der Waals surface area contributed by atoms with Crippen molar-refractivity contribution in [2.75, 3.05) is 19.3 Å². The molecule has 386 valence electrons. The largest absolute Gasteiger partial charge is 0.371 e. The van der Waals surface area contributed by atoms with Crippen LogP contribution in [0.3, 0.4) is 0 Å². The normalized spacial score (nSPS) is 35.6. The molecule has 21 heteroatoms. The zero-order valence-electron chi connectivity index (χ0n) is 40.6. The topological polar surface area (TPSA) is 258 Å². The Balaban J connectivity index is 1.27. The van der Waals surface area contributed by atoms with Gasteiger partial charge in [-0.05, 0) is 158 Å². The first-order valence-corrected chi connectivity index (χ1v) is 32.4. The quantitative estimate of drug-likeness (QED) is 0.102.